The molecule has 0 aromatic carbocycles. The average Bonchev–Trinajstić information content (AvgIpc) is 2.42. The van der Waals surface area contributed by atoms with Gasteiger partial charge in [-0.2, -0.15) is 26.3 Å². The van der Waals surface area contributed by atoms with Gasteiger partial charge in [-0.15, -0.1) is 0 Å². The van der Waals surface area contributed by atoms with Crippen molar-refractivity contribution >= 4 is 5.97 Å². The summed E-state index contributed by atoms with van der Waals surface area (Å²) >= 11 is 0. The van der Waals surface area contributed by atoms with Gasteiger partial charge in [0, 0.05) is 0 Å². The van der Waals surface area contributed by atoms with E-state index in [0.29, 0.717) is 0 Å². The Kier molecular flexibility index (Phi) is 2.73. The number of alkyl halides is 6. The van der Waals surface area contributed by atoms with Crippen LogP contribution in [0.3, 0.4) is 0 Å². The molecule has 0 spiro atoms. The van der Waals surface area contributed by atoms with Gasteiger partial charge >= 0.3 is 18.3 Å². The lowest BCUT2D eigenvalue weighted by atomic mass is 9.91. The lowest BCUT2D eigenvalue weighted by Gasteiger charge is -2.24. The van der Waals surface area contributed by atoms with Crippen molar-refractivity contribution in [3.05, 3.63) is 0 Å². The molecule has 0 aliphatic heterocycles. The van der Waals surface area contributed by atoms with Gasteiger partial charge in [-0.05, 0) is 5.41 Å². The molecule has 0 aromatic heterocycles. The van der Waals surface area contributed by atoms with Crippen molar-refractivity contribution < 1.29 is 36.2 Å². The Morgan fingerprint density at radius 3 is 1.76 bits per heavy atom. The van der Waals surface area contributed by atoms with E-state index < -0.39 is 41.5 Å². The van der Waals surface area contributed by atoms with Gasteiger partial charge < -0.3 is 5.11 Å². The van der Waals surface area contributed by atoms with Crippen molar-refractivity contribution in [2.75, 3.05) is 0 Å². The summed E-state index contributed by atoms with van der Waals surface area (Å²) in [6, 6.07) is 0. The Hall–Kier alpha value is -0.950. The Morgan fingerprint density at radius 2 is 1.59 bits per heavy atom. The summed E-state index contributed by atoms with van der Waals surface area (Å²) in [5, 5.41) is 8.62. The molecule has 0 heterocycles. The average molecular weight is 264 g/mol. The van der Waals surface area contributed by atoms with E-state index in [1.54, 1.807) is 0 Å². The molecule has 2 atom stereocenters. The van der Waals surface area contributed by atoms with Crippen molar-refractivity contribution in [3.63, 3.8) is 0 Å². The van der Waals surface area contributed by atoms with E-state index in [-0.39, 0.29) is 0 Å². The minimum atomic E-state index is -5.20. The largest absolute Gasteiger partial charge is 0.481 e. The third kappa shape index (κ3) is 1.87. The first-order valence-corrected chi connectivity index (χ1v) is 4.63. The number of rotatable bonds is 2. The molecule has 0 aromatic rings. The number of hydrogen-bond donors (Lipinski definition) is 1. The zero-order valence-corrected chi connectivity index (χ0v) is 8.91. The predicted octanol–water partition coefficient (Wildman–Crippen LogP) is 3.23. The summed E-state index contributed by atoms with van der Waals surface area (Å²) < 4.78 is 74.9. The molecule has 17 heavy (non-hydrogen) atoms. The van der Waals surface area contributed by atoms with E-state index in [1.807, 2.05) is 0 Å². The molecular formula is C9H10F6O2. The smallest absolute Gasteiger partial charge is 0.396 e. The normalized spacial score (nSPS) is 32.4. The van der Waals surface area contributed by atoms with Crippen LogP contribution >= 0.6 is 0 Å². The van der Waals surface area contributed by atoms with Gasteiger partial charge in [-0.1, -0.05) is 13.8 Å². The molecule has 0 saturated heterocycles. The topological polar surface area (TPSA) is 37.3 Å². The Balaban J connectivity index is 3.22. The first kappa shape index (κ1) is 14.1. The highest BCUT2D eigenvalue weighted by molar-refractivity contribution is 5.77. The molecule has 1 rings (SSSR count). The van der Waals surface area contributed by atoms with Crippen molar-refractivity contribution in [2.45, 2.75) is 32.6 Å². The summed E-state index contributed by atoms with van der Waals surface area (Å²) in [5.74, 6) is -3.91. The van der Waals surface area contributed by atoms with Gasteiger partial charge in [0.15, 0.2) is 0 Å². The van der Waals surface area contributed by atoms with Gasteiger partial charge in [0.2, 0.25) is 0 Å². The lowest BCUT2D eigenvalue weighted by Crippen LogP contribution is -2.35. The molecule has 1 N–H and O–H groups in total. The summed E-state index contributed by atoms with van der Waals surface area (Å²) in [7, 11) is 0. The summed E-state index contributed by atoms with van der Waals surface area (Å²) in [4.78, 5) is 10.7. The van der Waals surface area contributed by atoms with Crippen LogP contribution in [0.4, 0.5) is 26.3 Å². The lowest BCUT2D eigenvalue weighted by molar-refractivity contribution is -0.243. The van der Waals surface area contributed by atoms with Gasteiger partial charge in [0.25, 0.3) is 0 Å². The fourth-order valence-corrected chi connectivity index (χ4v) is 2.65. The first-order valence-electron chi connectivity index (χ1n) is 4.63. The summed E-state index contributed by atoms with van der Waals surface area (Å²) in [6.07, 6.45) is -12.4. The van der Waals surface area contributed by atoms with E-state index in [1.165, 1.54) is 0 Å². The van der Waals surface area contributed by atoms with E-state index in [9.17, 15) is 31.1 Å². The third-order valence-corrected chi connectivity index (χ3v) is 3.51. The quantitative estimate of drug-likeness (QED) is 0.777. The fourth-order valence-electron chi connectivity index (χ4n) is 2.65. The van der Waals surface area contributed by atoms with Gasteiger partial charge in [0.1, 0.15) is 0 Å². The van der Waals surface area contributed by atoms with Crippen LogP contribution in [0, 0.1) is 16.7 Å². The monoisotopic (exact) mass is 264 g/mol. The second-order valence-electron chi connectivity index (χ2n) is 4.75. The van der Waals surface area contributed by atoms with Gasteiger partial charge in [0.05, 0.1) is 17.8 Å². The Morgan fingerprint density at radius 1 is 1.18 bits per heavy atom. The zero-order valence-electron chi connectivity index (χ0n) is 8.91. The molecule has 2 unspecified atom stereocenters. The van der Waals surface area contributed by atoms with Crippen LogP contribution in [0.15, 0.2) is 0 Å². The maximum absolute atomic E-state index is 12.8. The molecule has 8 heteroatoms. The van der Waals surface area contributed by atoms with Crippen molar-refractivity contribution in [1.29, 1.82) is 0 Å². The van der Waals surface area contributed by atoms with Crippen molar-refractivity contribution in [3.8, 4) is 0 Å². The molecular weight excluding hydrogens is 254 g/mol. The molecule has 1 saturated carbocycles. The molecule has 1 aliphatic carbocycles. The van der Waals surface area contributed by atoms with E-state index in [2.05, 4.69) is 0 Å². The molecule has 0 radical (unpaired) electrons. The highest BCUT2D eigenvalue weighted by Crippen LogP contribution is 2.78. The summed E-state index contributed by atoms with van der Waals surface area (Å²) in [5.41, 5.74) is -5.17. The van der Waals surface area contributed by atoms with Crippen LogP contribution in [0.25, 0.3) is 0 Å². The standard InChI is InChI=1S/C9H10F6O2/c1-6(2)4(5(16)17)7(6,9(13,14)15)3-8(10,11)12/h4H,3H2,1-2H3,(H,16,17). The molecule has 1 fully saturated rings. The molecule has 0 amide bonds. The van der Waals surface area contributed by atoms with Crippen LogP contribution in [-0.4, -0.2) is 23.4 Å². The number of carboxylic acid groups (broad SMARTS) is 1. The number of carboxylic acids is 1. The van der Waals surface area contributed by atoms with Gasteiger partial charge in [-0.25, -0.2) is 0 Å². The Labute approximate surface area is 92.6 Å². The fraction of sp³-hybridized carbons (Fsp3) is 0.889. The maximum Gasteiger partial charge on any atom is 0.396 e. The molecule has 0 bridgehead atoms. The number of carbonyl (C=O) groups is 1. The SMILES string of the molecule is CC1(C)C(C(=O)O)C1(CC(F)(F)F)C(F)(F)F. The van der Waals surface area contributed by atoms with E-state index in [0.717, 1.165) is 13.8 Å². The van der Waals surface area contributed by atoms with E-state index >= 15 is 0 Å². The maximum atomic E-state index is 12.8. The molecule has 100 valence electrons. The minimum absolute atomic E-state index is 0.894. The number of halogens is 6. The van der Waals surface area contributed by atoms with Crippen LogP contribution in [0.5, 0.6) is 0 Å². The van der Waals surface area contributed by atoms with Crippen LogP contribution in [-0.2, 0) is 4.79 Å². The second kappa shape index (κ2) is 3.29. The van der Waals surface area contributed by atoms with Crippen molar-refractivity contribution in [2.24, 2.45) is 16.7 Å². The number of aliphatic carboxylic acids is 1. The van der Waals surface area contributed by atoms with Crippen LogP contribution in [0.1, 0.15) is 20.3 Å². The predicted molar refractivity (Wildman–Crippen MR) is 44.1 cm³/mol. The highest BCUT2D eigenvalue weighted by Gasteiger charge is 2.87. The zero-order chi connectivity index (χ0) is 13.9. The van der Waals surface area contributed by atoms with Gasteiger partial charge in [-0.3, -0.25) is 4.79 Å². The third-order valence-electron chi connectivity index (χ3n) is 3.51. The van der Waals surface area contributed by atoms with Crippen LogP contribution < -0.4 is 0 Å². The van der Waals surface area contributed by atoms with Crippen LogP contribution in [0.2, 0.25) is 0 Å². The Bertz CT molecular complexity index is 342. The summed E-state index contributed by atoms with van der Waals surface area (Å²) in [6.45, 7) is 1.79. The minimum Gasteiger partial charge on any atom is -0.481 e. The molecule has 1 aliphatic rings. The molecule has 2 nitrogen and oxygen atoms in total. The van der Waals surface area contributed by atoms with E-state index in [4.69, 9.17) is 5.11 Å². The first-order chi connectivity index (χ1) is 7.27. The highest BCUT2D eigenvalue weighted by atomic mass is 19.4. The second-order valence-corrected chi connectivity index (χ2v) is 4.75. The van der Waals surface area contributed by atoms with Crippen molar-refractivity contribution in [1.82, 2.24) is 0 Å². The number of hydrogen-bond acceptors (Lipinski definition) is 1.